The minimum atomic E-state index is 0.873. The van der Waals surface area contributed by atoms with Gasteiger partial charge in [0.1, 0.15) is 0 Å². The summed E-state index contributed by atoms with van der Waals surface area (Å²) < 4.78 is 5.01. The molecule has 0 radical (unpaired) electrons. The maximum atomic E-state index is 2.51. The quantitative estimate of drug-likeness (QED) is 0.177. The van der Waals surface area contributed by atoms with Crippen LogP contribution in [0.1, 0.15) is 6.92 Å². The predicted molar refractivity (Wildman–Crippen MR) is 223 cm³/mol. The van der Waals surface area contributed by atoms with Gasteiger partial charge in [0.15, 0.2) is 0 Å². The fourth-order valence-corrected chi connectivity index (χ4v) is 8.36. The van der Waals surface area contributed by atoms with Crippen molar-refractivity contribution in [3.8, 4) is 27.9 Å². The van der Waals surface area contributed by atoms with E-state index in [1.54, 1.807) is 0 Å². The smallest absolute Gasteiger partial charge is 0.0619 e. The predicted octanol–water partition coefficient (Wildman–Crippen LogP) is 13.7. The summed E-state index contributed by atoms with van der Waals surface area (Å²) in [5.74, 6) is 0. The second-order valence-corrected chi connectivity index (χ2v) is 13.6. The van der Waals surface area contributed by atoms with Gasteiger partial charge in [-0.05, 0) is 82.4 Å². The number of hydrogen-bond acceptors (Lipinski definition) is 0. The van der Waals surface area contributed by atoms with Crippen molar-refractivity contribution in [3.63, 3.8) is 0 Å². The summed E-state index contributed by atoms with van der Waals surface area (Å²) >= 11 is 0. The van der Waals surface area contributed by atoms with Crippen LogP contribution in [-0.4, -0.2) is 9.13 Å². The highest BCUT2D eigenvalue weighted by molar-refractivity contribution is 6.23. The van der Waals surface area contributed by atoms with Gasteiger partial charge in [-0.3, -0.25) is 0 Å². The SMILES string of the molecule is CCn1c2ccccc2c2cc3c4ccccc4n(-c4cc(-c5ccccc5)cc(-c5ccccc5)c4)c3c3ccccc3cc3ccccc3c21. The molecule has 246 valence electrons. The Morgan fingerprint density at radius 1 is 0.346 bits per heavy atom. The van der Waals surface area contributed by atoms with E-state index in [4.69, 9.17) is 0 Å². The number of para-hydroxylation sites is 2. The van der Waals surface area contributed by atoms with Crippen molar-refractivity contribution in [1.29, 1.82) is 0 Å². The molecule has 0 saturated carbocycles. The molecule has 10 aromatic rings. The molecule has 2 heterocycles. The van der Waals surface area contributed by atoms with Crippen LogP contribution in [0.5, 0.6) is 0 Å². The van der Waals surface area contributed by atoms with E-state index in [2.05, 4.69) is 204 Å². The Bertz CT molecular complexity index is 2980. The fraction of sp³-hybridized carbons (Fsp3) is 0.0400. The maximum absolute atomic E-state index is 2.51. The van der Waals surface area contributed by atoms with E-state index in [-0.39, 0.29) is 0 Å². The highest BCUT2D eigenvalue weighted by atomic mass is 15.0. The highest BCUT2D eigenvalue weighted by Gasteiger charge is 2.18. The van der Waals surface area contributed by atoms with Crippen LogP contribution in [-0.2, 0) is 6.54 Å². The Hall–Kier alpha value is -6.64. The molecule has 0 spiro atoms. The van der Waals surface area contributed by atoms with Crippen molar-refractivity contribution in [1.82, 2.24) is 9.13 Å². The molecule has 0 amide bonds. The number of aryl methyl sites for hydroxylation is 1. The lowest BCUT2D eigenvalue weighted by Gasteiger charge is -2.14. The van der Waals surface area contributed by atoms with Crippen molar-refractivity contribution in [2.24, 2.45) is 0 Å². The number of fused-ring (bicyclic) bond motifs is 10. The zero-order chi connectivity index (χ0) is 34.6. The number of rotatable bonds is 4. The Labute approximate surface area is 302 Å². The first-order valence-corrected chi connectivity index (χ1v) is 18.2. The van der Waals surface area contributed by atoms with E-state index >= 15 is 0 Å². The van der Waals surface area contributed by atoms with Gasteiger partial charge in [-0.25, -0.2) is 0 Å². The summed E-state index contributed by atoms with van der Waals surface area (Å²) in [6.45, 7) is 3.13. The number of aromatic nitrogens is 2. The molecule has 2 aromatic heterocycles. The van der Waals surface area contributed by atoms with Gasteiger partial charge in [-0.1, -0.05) is 146 Å². The molecule has 0 bridgehead atoms. The van der Waals surface area contributed by atoms with Gasteiger partial charge in [-0.15, -0.1) is 0 Å². The molecule has 0 aliphatic carbocycles. The zero-order valence-electron chi connectivity index (χ0n) is 29.0. The lowest BCUT2D eigenvalue weighted by molar-refractivity contribution is 0.829. The molecule has 8 aromatic carbocycles. The standard InChI is InChI=1S/C50H36N2/c1-2-51-47-27-15-13-25-43(47)45-33-46-44-26-14-16-28-48(44)52(50(46)42-24-12-10-22-37(42)29-36-21-9-11-23-41(36)49(45)51)40-31-38(34-17-5-3-6-18-34)30-39(32-40)35-19-7-4-8-20-35/h3-33H,2H2,1H3. The average molecular weight is 665 g/mol. The van der Waals surface area contributed by atoms with E-state index < -0.39 is 0 Å². The van der Waals surface area contributed by atoms with Crippen molar-refractivity contribution in [2.75, 3.05) is 0 Å². The van der Waals surface area contributed by atoms with Gasteiger partial charge in [0.2, 0.25) is 0 Å². The largest absolute Gasteiger partial charge is 0.340 e. The Morgan fingerprint density at radius 3 is 1.40 bits per heavy atom. The van der Waals surface area contributed by atoms with Crippen LogP contribution in [0.25, 0.3) is 93.1 Å². The van der Waals surface area contributed by atoms with E-state index in [9.17, 15) is 0 Å². The molecular formula is C50H36N2. The van der Waals surface area contributed by atoms with Crippen LogP contribution < -0.4 is 0 Å². The molecule has 0 saturated heterocycles. The topological polar surface area (TPSA) is 9.86 Å². The number of hydrogen-bond donors (Lipinski definition) is 0. The summed E-state index contributed by atoms with van der Waals surface area (Å²) in [4.78, 5) is 0. The van der Waals surface area contributed by atoms with Gasteiger partial charge in [0.05, 0.1) is 16.6 Å². The normalized spacial score (nSPS) is 11.6. The molecular weight excluding hydrogens is 629 g/mol. The summed E-state index contributed by atoms with van der Waals surface area (Å²) in [5, 5.41) is 9.83. The number of nitrogens with zero attached hydrogens (tertiary/aromatic N) is 2. The van der Waals surface area contributed by atoms with Crippen LogP contribution >= 0.6 is 0 Å². The minimum Gasteiger partial charge on any atom is -0.340 e. The summed E-state index contributed by atoms with van der Waals surface area (Å²) in [5.41, 5.74) is 10.8. The molecule has 0 aliphatic heterocycles. The van der Waals surface area contributed by atoms with Crippen LogP contribution in [0.2, 0.25) is 0 Å². The van der Waals surface area contributed by atoms with Gasteiger partial charge in [0.25, 0.3) is 0 Å². The molecule has 0 N–H and O–H groups in total. The third kappa shape index (κ3) is 4.80. The van der Waals surface area contributed by atoms with Crippen molar-refractivity contribution in [3.05, 3.63) is 188 Å². The summed E-state index contributed by atoms with van der Waals surface area (Å²) in [6, 6.07) is 69.1. The Balaban J connectivity index is 1.47. The molecule has 2 nitrogen and oxygen atoms in total. The minimum absolute atomic E-state index is 0.873. The first-order chi connectivity index (χ1) is 25.8. The monoisotopic (exact) mass is 664 g/mol. The molecule has 10 rings (SSSR count). The van der Waals surface area contributed by atoms with Gasteiger partial charge in [-0.2, -0.15) is 0 Å². The van der Waals surface area contributed by atoms with Crippen molar-refractivity contribution < 1.29 is 0 Å². The van der Waals surface area contributed by atoms with Crippen LogP contribution in [0.3, 0.4) is 0 Å². The fourth-order valence-electron chi connectivity index (χ4n) is 8.36. The molecule has 0 atom stereocenters. The lowest BCUT2D eigenvalue weighted by atomic mass is 9.98. The molecule has 0 aliphatic rings. The van der Waals surface area contributed by atoms with Crippen LogP contribution in [0.15, 0.2) is 188 Å². The van der Waals surface area contributed by atoms with E-state index in [0.29, 0.717) is 0 Å². The zero-order valence-corrected chi connectivity index (χ0v) is 29.0. The van der Waals surface area contributed by atoms with E-state index in [1.807, 2.05) is 0 Å². The third-order valence-electron chi connectivity index (χ3n) is 10.7. The Kier molecular flexibility index (Phi) is 7.14. The lowest BCUT2D eigenvalue weighted by Crippen LogP contribution is -1.96. The second kappa shape index (κ2) is 12.3. The number of benzene rings is 7. The third-order valence-corrected chi connectivity index (χ3v) is 10.7. The van der Waals surface area contributed by atoms with Gasteiger partial charge >= 0.3 is 0 Å². The first kappa shape index (κ1) is 30.2. The van der Waals surface area contributed by atoms with Gasteiger partial charge < -0.3 is 9.13 Å². The van der Waals surface area contributed by atoms with Crippen LogP contribution in [0, 0.1) is 0 Å². The molecule has 0 fully saturated rings. The van der Waals surface area contributed by atoms with Crippen molar-refractivity contribution >= 4 is 65.2 Å². The van der Waals surface area contributed by atoms with Crippen molar-refractivity contribution in [2.45, 2.75) is 13.5 Å². The first-order valence-electron chi connectivity index (χ1n) is 18.2. The van der Waals surface area contributed by atoms with Gasteiger partial charge in [0, 0.05) is 50.1 Å². The second-order valence-electron chi connectivity index (χ2n) is 13.6. The Morgan fingerprint density at radius 2 is 0.808 bits per heavy atom. The molecule has 0 unspecified atom stereocenters. The highest BCUT2D eigenvalue weighted by Crippen LogP contribution is 2.41. The summed E-state index contributed by atoms with van der Waals surface area (Å²) in [6.07, 6.45) is 0. The van der Waals surface area contributed by atoms with Crippen LogP contribution in [0.4, 0.5) is 0 Å². The molecule has 2 heteroatoms. The average Bonchev–Trinajstić information content (AvgIpc) is 3.71. The van der Waals surface area contributed by atoms with E-state index in [1.165, 1.54) is 87.4 Å². The maximum Gasteiger partial charge on any atom is 0.0619 e. The van der Waals surface area contributed by atoms with E-state index in [0.717, 1.165) is 12.2 Å². The molecule has 52 heavy (non-hydrogen) atoms. The summed E-state index contributed by atoms with van der Waals surface area (Å²) in [7, 11) is 0.